The first kappa shape index (κ1) is 27.8. The molecule has 3 aliphatic heterocycles. The van der Waals surface area contributed by atoms with Crippen LogP contribution < -0.4 is 9.47 Å². The number of carboxylic acids is 1. The number of para-hydroxylation sites is 1. The number of likely N-dealkylation sites (tertiary alicyclic amines) is 1. The van der Waals surface area contributed by atoms with E-state index in [1.54, 1.807) is 25.1 Å². The number of aryl methyl sites for hydroxylation is 1. The van der Waals surface area contributed by atoms with Crippen molar-refractivity contribution in [1.29, 1.82) is 0 Å². The van der Waals surface area contributed by atoms with Crippen molar-refractivity contribution in [2.24, 2.45) is 0 Å². The second-order valence-electron chi connectivity index (χ2n) is 11.1. The minimum atomic E-state index is -1.28. The molecule has 0 unspecified atom stereocenters. The molecule has 0 spiro atoms. The summed E-state index contributed by atoms with van der Waals surface area (Å²) in [5, 5.41) is 9.48. The lowest BCUT2D eigenvalue weighted by atomic mass is 9.88. The number of hydrogen-bond acceptors (Lipinski definition) is 6. The van der Waals surface area contributed by atoms with Crippen molar-refractivity contribution in [3.63, 3.8) is 0 Å². The third kappa shape index (κ3) is 5.58. The summed E-state index contributed by atoms with van der Waals surface area (Å²) in [4.78, 5) is 18.4. The molecule has 0 aliphatic carbocycles. The second-order valence-corrected chi connectivity index (χ2v) is 11.5. The zero-order valence-corrected chi connectivity index (χ0v) is 23.9. The minimum Gasteiger partial charge on any atom is -0.478 e. The van der Waals surface area contributed by atoms with Crippen LogP contribution in [0.4, 0.5) is 4.39 Å². The van der Waals surface area contributed by atoms with E-state index in [0.717, 1.165) is 67.8 Å². The molecule has 0 radical (unpaired) electrons. The summed E-state index contributed by atoms with van der Waals surface area (Å²) in [6, 6.07) is 10.4. The summed E-state index contributed by atoms with van der Waals surface area (Å²) < 4.78 is 35.1. The van der Waals surface area contributed by atoms with Crippen molar-refractivity contribution in [2.45, 2.75) is 64.0 Å². The van der Waals surface area contributed by atoms with Gasteiger partial charge in [-0.2, -0.15) is 0 Å². The Labute approximate surface area is 243 Å². The first-order chi connectivity index (χ1) is 19.7. The molecule has 0 saturated carbocycles. The van der Waals surface area contributed by atoms with E-state index < -0.39 is 17.6 Å². The first-order valence-electron chi connectivity index (χ1n) is 14.0. The van der Waals surface area contributed by atoms with E-state index in [1.807, 2.05) is 19.1 Å². The molecule has 2 aromatic carbocycles. The van der Waals surface area contributed by atoms with Gasteiger partial charge in [0.05, 0.1) is 36.1 Å². The van der Waals surface area contributed by atoms with Gasteiger partial charge >= 0.3 is 5.97 Å². The number of aromatic nitrogens is 2. The molecular formula is C31H33ClFN3O5. The van der Waals surface area contributed by atoms with Crippen molar-refractivity contribution in [2.75, 3.05) is 19.7 Å². The smallest absolute Gasteiger partial charge is 0.328 e. The van der Waals surface area contributed by atoms with E-state index in [-0.39, 0.29) is 12.0 Å². The fourth-order valence-electron chi connectivity index (χ4n) is 6.00. The Kier molecular flexibility index (Phi) is 7.52. The summed E-state index contributed by atoms with van der Waals surface area (Å²) in [5.74, 6) is -0.271. The van der Waals surface area contributed by atoms with Gasteiger partial charge in [0, 0.05) is 30.2 Å². The minimum absolute atomic E-state index is 0.125. The van der Waals surface area contributed by atoms with E-state index >= 15 is 0 Å². The van der Waals surface area contributed by atoms with Gasteiger partial charge in [-0.1, -0.05) is 23.7 Å². The Bertz CT molecular complexity index is 1500. The largest absolute Gasteiger partial charge is 0.478 e. The highest BCUT2D eigenvalue weighted by Crippen LogP contribution is 2.49. The number of carbonyl (C=O) groups is 1. The van der Waals surface area contributed by atoms with Gasteiger partial charge in [0.15, 0.2) is 11.5 Å². The summed E-state index contributed by atoms with van der Waals surface area (Å²) in [7, 11) is 0. The Balaban J connectivity index is 1.16. The third-order valence-electron chi connectivity index (χ3n) is 8.26. The molecule has 8 nitrogen and oxygen atoms in total. The van der Waals surface area contributed by atoms with Crippen molar-refractivity contribution < 1.29 is 28.5 Å². The van der Waals surface area contributed by atoms with Gasteiger partial charge in [0.2, 0.25) is 0 Å². The lowest BCUT2D eigenvalue weighted by Crippen LogP contribution is -2.35. The number of imidazole rings is 1. The molecule has 4 heterocycles. The Morgan fingerprint density at radius 1 is 1.22 bits per heavy atom. The van der Waals surface area contributed by atoms with Gasteiger partial charge in [-0.15, -0.1) is 0 Å². The highest BCUT2D eigenvalue weighted by Gasteiger charge is 2.43. The molecule has 3 aliphatic rings. The van der Waals surface area contributed by atoms with Crippen LogP contribution >= 0.6 is 11.6 Å². The molecule has 0 bridgehead atoms. The molecule has 216 valence electrons. The topological polar surface area (TPSA) is 86.0 Å². The van der Waals surface area contributed by atoms with Crippen molar-refractivity contribution >= 4 is 23.6 Å². The van der Waals surface area contributed by atoms with Crippen LogP contribution in [0.3, 0.4) is 0 Å². The van der Waals surface area contributed by atoms with Gasteiger partial charge in [-0.05, 0) is 75.5 Å². The first-order valence-corrected chi connectivity index (χ1v) is 14.4. The number of benzene rings is 2. The lowest BCUT2D eigenvalue weighted by molar-refractivity contribution is -0.131. The summed E-state index contributed by atoms with van der Waals surface area (Å²) in [6.45, 7) is 7.46. The van der Waals surface area contributed by atoms with E-state index in [0.29, 0.717) is 35.2 Å². The molecular weight excluding hydrogens is 549 g/mol. The summed E-state index contributed by atoms with van der Waals surface area (Å²) >= 11 is 5.96. The number of fused-ring (bicyclic) bond motifs is 1. The maximum atomic E-state index is 14.8. The number of carboxylic acid groups (broad SMARTS) is 1. The van der Waals surface area contributed by atoms with Gasteiger partial charge in [-0.25, -0.2) is 14.2 Å². The quantitative estimate of drug-likeness (QED) is 0.332. The maximum Gasteiger partial charge on any atom is 0.328 e. The maximum absolute atomic E-state index is 14.8. The Morgan fingerprint density at radius 3 is 2.68 bits per heavy atom. The van der Waals surface area contributed by atoms with Crippen LogP contribution in [0.25, 0.3) is 6.08 Å². The van der Waals surface area contributed by atoms with E-state index in [2.05, 4.69) is 15.5 Å². The predicted molar refractivity (Wildman–Crippen MR) is 152 cm³/mol. The predicted octanol–water partition coefficient (Wildman–Crippen LogP) is 5.89. The molecule has 0 amide bonds. The SMILES string of the molecule is Cc1nc(CN2CCC(c3cccc4c3O[C@@](C)(c3ccc(Cl)cc3F)O4)CC2)n(C[C@@H]2CCO2)c1/C=C/C(=O)O. The van der Waals surface area contributed by atoms with E-state index in [4.69, 9.17) is 35.9 Å². The molecule has 41 heavy (non-hydrogen) atoms. The van der Waals surface area contributed by atoms with Gasteiger partial charge in [0.1, 0.15) is 11.6 Å². The molecule has 1 N–H and O–H groups in total. The van der Waals surface area contributed by atoms with Crippen LogP contribution in [0.1, 0.15) is 60.4 Å². The molecule has 1 aromatic heterocycles. The highest BCUT2D eigenvalue weighted by atomic mass is 35.5. The third-order valence-corrected chi connectivity index (χ3v) is 8.49. The normalized spacial score (nSPS) is 22.8. The molecule has 10 heteroatoms. The van der Waals surface area contributed by atoms with Crippen molar-refractivity contribution in [3.05, 3.63) is 81.7 Å². The zero-order chi connectivity index (χ0) is 28.7. The summed E-state index contributed by atoms with van der Waals surface area (Å²) in [6.07, 6.45) is 5.74. The van der Waals surface area contributed by atoms with Gasteiger partial charge in [0.25, 0.3) is 5.79 Å². The number of rotatable bonds is 8. The number of aliphatic carboxylic acids is 1. The fourth-order valence-corrected chi connectivity index (χ4v) is 6.16. The van der Waals surface area contributed by atoms with E-state index in [1.165, 1.54) is 6.07 Å². The number of piperidine rings is 1. The molecule has 2 atom stereocenters. The molecule has 2 saturated heterocycles. The zero-order valence-electron chi connectivity index (χ0n) is 23.1. The highest BCUT2D eigenvalue weighted by molar-refractivity contribution is 6.30. The van der Waals surface area contributed by atoms with Crippen molar-refractivity contribution in [1.82, 2.24) is 14.5 Å². The van der Waals surface area contributed by atoms with Crippen LogP contribution in [-0.4, -0.2) is 51.3 Å². The average Bonchev–Trinajstić information content (AvgIpc) is 3.40. The number of halogens is 2. The Morgan fingerprint density at radius 2 is 2.00 bits per heavy atom. The Hall–Kier alpha value is -3.40. The molecule has 2 fully saturated rings. The van der Waals surface area contributed by atoms with Crippen LogP contribution in [-0.2, 0) is 28.4 Å². The fraction of sp³-hybridized carbons (Fsp3) is 0.419. The second kappa shape index (κ2) is 11.1. The van der Waals surface area contributed by atoms with Crippen LogP contribution in [0.2, 0.25) is 5.02 Å². The van der Waals surface area contributed by atoms with Gasteiger partial charge in [-0.3, -0.25) is 4.90 Å². The molecule has 6 rings (SSSR count). The standard InChI is InChI=1S/C31H33ClFN3O5/c1-19-26(8-9-29(37)38)36(17-22-12-15-39-22)28(34-19)18-35-13-10-20(11-14-35)23-4-3-5-27-30(23)41-31(2,40-27)24-7-6-21(32)16-25(24)33/h3-9,16,20,22H,10-15,17-18H2,1-2H3,(H,37,38)/b9-8+/t22-,31-/m0/s1. The van der Waals surface area contributed by atoms with Crippen LogP contribution in [0.5, 0.6) is 11.5 Å². The summed E-state index contributed by atoms with van der Waals surface area (Å²) in [5.41, 5.74) is 2.99. The average molecular weight is 582 g/mol. The number of ether oxygens (including phenoxy) is 3. The number of nitrogens with zero attached hydrogens (tertiary/aromatic N) is 3. The molecule has 3 aromatic rings. The monoisotopic (exact) mass is 581 g/mol. The number of hydrogen-bond donors (Lipinski definition) is 1. The lowest BCUT2D eigenvalue weighted by Gasteiger charge is -2.33. The van der Waals surface area contributed by atoms with E-state index in [9.17, 15) is 9.18 Å². The van der Waals surface area contributed by atoms with Gasteiger partial charge < -0.3 is 23.9 Å². The van der Waals surface area contributed by atoms with Crippen molar-refractivity contribution in [3.8, 4) is 11.5 Å². The van der Waals surface area contributed by atoms with Crippen LogP contribution in [0, 0.1) is 12.7 Å². The van der Waals surface area contributed by atoms with Crippen LogP contribution in [0.15, 0.2) is 42.5 Å².